The fraction of sp³-hybridized carbons (Fsp3) is 0.818. The van der Waals surface area contributed by atoms with Crippen molar-refractivity contribution < 1.29 is 14.6 Å². The number of aliphatic hydroxyl groups is 1. The van der Waals surface area contributed by atoms with Gasteiger partial charge in [-0.25, -0.2) is 4.68 Å². The van der Waals surface area contributed by atoms with Crippen LogP contribution in [-0.4, -0.2) is 53.1 Å². The van der Waals surface area contributed by atoms with E-state index in [1.54, 1.807) is 7.11 Å². The fourth-order valence-corrected chi connectivity index (χ4v) is 2.03. The van der Waals surface area contributed by atoms with Crippen LogP contribution in [0, 0.1) is 0 Å². The van der Waals surface area contributed by atoms with Gasteiger partial charge in [-0.15, -0.1) is 5.10 Å². The van der Waals surface area contributed by atoms with E-state index < -0.39 is 6.10 Å². The Kier molecular flexibility index (Phi) is 4.47. The molecule has 1 atom stereocenters. The molecule has 0 spiro atoms. The van der Waals surface area contributed by atoms with E-state index >= 15 is 0 Å². The number of aromatic nitrogens is 3. The quantitative estimate of drug-likeness (QED) is 0.796. The van der Waals surface area contributed by atoms with E-state index in [1.807, 2.05) is 10.9 Å². The first-order chi connectivity index (χ1) is 8.29. The van der Waals surface area contributed by atoms with Gasteiger partial charge in [0.1, 0.15) is 0 Å². The fourth-order valence-electron chi connectivity index (χ4n) is 2.03. The zero-order valence-electron chi connectivity index (χ0n) is 10.1. The zero-order valence-corrected chi connectivity index (χ0v) is 10.1. The number of hydrogen-bond donors (Lipinski definition) is 1. The summed E-state index contributed by atoms with van der Waals surface area (Å²) in [4.78, 5) is 0. The first-order valence-electron chi connectivity index (χ1n) is 5.95. The molecular weight excluding hydrogens is 222 g/mol. The van der Waals surface area contributed by atoms with Gasteiger partial charge in [0.25, 0.3) is 0 Å². The van der Waals surface area contributed by atoms with Crippen LogP contribution in [0.4, 0.5) is 0 Å². The molecule has 0 aliphatic carbocycles. The standard InChI is InChI=1S/C11H19N3O3/c1-16-8-11(15)6-9-7-14(13-12-9)10-2-4-17-5-3-10/h7,10-11,15H,2-6,8H2,1H3/t11-/m0/s1. The topological polar surface area (TPSA) is 69.4 Å². The molecule has 6 nitrogen and oxygen atoms in total. The Hall–Kier alpha value is -0.980. The molecule has 0 unspecified atom stereocenters. The lowest BCUT2D eigenvalue weighted by atomic mass is 10.1. The van der Waals surface area contributed by atoms with Gasteiger partial charge in [-0.3, -0.25) is 0 Å². The maximum absolute atomic E-state index is 9.60. The molecule has 96 valence electrons. The predicted molar refractivity (Wildman–Crippen MR) is 60.7 cm³/mol. The first-order valence-corrected chi connectivity index (χ1v) is 5.95. The predicted octanol–water partition coefficient (Wildman–Crippen LogP) is 0.179. The van der Waals surface area contributed by atoms with Crippen molar-refractivity contribution in [2.75, 3.05) is 26.9 Å². The third-order valence-electron chi connectivity index (χ3n) is 2.93. The summed E-state index contributed by atoms with van der Waals surface area (Å²) in [6.45, 7) is 1.89. The van der Waals surface area contributed by atoms with Crippen LogP contribution in [-0.2, 0) is 15.9 Å². The third kappa shape index (κ3) is 3.49. The molecule has 1 saturated heterocycles. The van der Waals surface area contributed by atoms with E-state index in [9.17, 15) is 5.11 Å². The minimum Gasteiger partial charge on any atom is -0.390 e. The molecule has 1 N–H and O–H groups in total. The Morgan fingerprint density at radius 3 is 3.06 bits per heavy atom. The molecule has 0 saturated carbocycles. The van der Waals surface area contributed by atoms with Gasteiger partial charge in [-0.05, 0) is 12.8 Å². The van der Waals surface area contributed by atoms with Crippen LogP contribution in [0.25, 0.3) is 0 Å². The van der Waals surface area contributed by atoms with E-state index in [2.05, 4.69) is 10.3 Å². The number of nitrogens with zero attached hydrogens (tertiary/aromatic N) is 3. The van der Waals surface area contributed by atoms with Crippen LogP contribution < -0.4 is 0 Å². The van der Waals surface area contributed by atoms with Crippen molar-refractivity contribution in [2.24, 2.45) is 0 Å². The Morgan fingerprint density at radius 2 is 2.35 bits per heavy atom. The van der Waals surface area contributed by atoms with E-state index in [0.29, 0.717) is 19.1 Å². The molecule has 1 aliphatic rings. The summed E-state index contributed by atoms with van der Waals surface area (Å²) >= 11 is 0. The average molecular weight is 241 g/mol. The number of aliphatic hydroxyl groups excluding tert-OH is 1. The summed E-state index contributed by atoms with van der Waals surface area (Å²) in [5, 5.41) is 17.8. The lowest BCUT2D eigenvalue weighted by Crippen LogP contribution is -2.20. The summed E-state index contributed by atoms with van der Waals surface area (Å²) < 4.78 is 12.1. The van der Waals surface area contributed by atoms with Gasteiger partial charge in [-0.1, -0.05) is 5.21 Å². The second-order valence-electron chi connectivity index (χ2n) is 4.35. The summed E-state index contributed by atoms with van der Waals surface area (Å²) in [6, 6.07) is 0.379. The van der Waals surface area contributed by atoms with Crippen LogP contribution >= 0.6 is 0 Å². The Balaban J connectivity index is 1.90. The molecular formula is C11H19N3O3. The van der Waals surface area contributed by atoms with Gasteiger partial charge in [0.2, 0.25) is 0 Å². The molecule has 17 heavy (non-hydrogen) atoms. The van der Waals surface area contributed by atoms with E-state index in [-0.39, 0.29) is 0 Å². The van der Waals surface area contributed by atoms with Crippen molar-refractivity contribution in [1.29, 1.82) is 0 Å². The highest BCUT2D eigenvalue weighted by Crippen LogP contribution is 2.19. The lowest BCUT2D eigenvalue weighted by Gasteiger charge is -2.21. The molecule has 2 heterocycles. The third-order valence-corrected chi connectivity index (χ3v) is 2.93. The van der Waals surface area contributed by atoms with Crippen molar-refractivity contribution in [2.45, 2.75) is 31.4 Å². The summed E-state index contributed by atoms with van der Waals surface area (Å²) in [7, 11) is 1.57. The second kappa shape index (κ2) is 6.09. The molecule has 1 fully saturated rings. The van der Waals surface area contributed by atoms with Gasteiger partial charge in [0, 0.05) is 32.9 Å². The van der Waals surface area contributed by atoms with Gasteiger partial charge >= 0.3 is 0 Å². The molecule has 0 bridgehead atoms. The highest BCUT2D eigenvalue weighted by atomic mass is 16.5. The largest absolute Gasteiger partial charge is 0.390 e. The molecule has 1 aromatic rings. The van der Waals surface area contributed by atoms with Gasteiger partial charge in [0.05, 0.1) is 24.4 Å². The Labute approximate surface area is 101 Å². The van der Waals surface area contributed by atoms with E-state index in [1.165, 1.54) is 0 Å². The minimum absolute atomic E-state index is 0.324. The van der Waals surface area contributed by atoms with Crippen molar-refractivity contribution >= 4 is 0 Å². The Bertz CT molecular complexity index is 336. The Morgan fingerprint density at radius 1 is 1.59 bits per heavy atom. The number of rotatable bonds is 5. The van der Waals surface area contributed by atoms with Crippen LogP contribution in [0.2, 0.25) is 0 Å². The van der Waals surface area contributed by atoms with Crippen molar-refractivity contribution in [3.8, 4) is 0 Å². The second-order valence-corrected chi connectivity index (χ2v) is 4.35. The van der Waals surface area contributed by atoms with E-state index in [0.717, 1.165) is 31.7 Å². The SMILES string of the molecule is COC[C@@H](O)Cc1cn(C2CCOCC2)nn1. The van der Waals surface area contributed by atoms with E-state index in [4.69, 9.17) is 9.47 Å². The summed E-state index contributed by atoms with van der Waals surface area (Å²) in [5.41, 5.74) is 0.807. The van der Waals surface area contributed by atoms with Crippen LogP contribution in [0.15, 0.2) is 6.20 Å². The molecule has 2 rings (SSSR count). The minimum atomic E-state index is -0.514. The van der Waals surface area contributed by atoms with Gasteiger partial charge in [0.15, 0.2) is 0 Å². The van der Waals surface area contributed by atoms with Crippen molar-refractivity contribution in [3.63, 3.8) is 0 Å². The maximum atomic E-state index is 9.60. The summed E-state index contributed by atoms with van der Waals surface area (Å²) in [6.07, 6.45) is 3.83. The summed E-state index contributed by atoms with van der Waals surface area (Å²) in [5.74, 6) is 0. The highest BCUT2D eigenvalue weighted by molar-refractivity contribution is 4.96. The normalized spacial score (nSPS) is 19.4. The molecule has 0 aromatic carbocycles. The zero-order chi connectivity index (χ0) is 12.1. The maximum Gasteiger partial charge on any atom is 0.0853 e. The van der Waals surface area contributed by atoms with Gasteiger partial charge < -0.3 is 14.6 Å². The number of ether oxygens (including phenoxy) is 2. The van der Waals surface area contributed by atoms with Crippen LogP contribution in [0.3, 0.4) is 0 Å². The first kappa shape index (κ1) is 12.5. The molecule has 1 aliphatic heterocycles. The van der Waals surface area contributed by atoms with Crippen LogP contribution in [0.1, 0.15) is 24.6 Å². The highest BCUT2D eigenvalue weighted by Gasteiger charge is 2.17. The number of methoxy groups -OCH3 is 1. The average Bonchev–Trinajstić information content (AvgIpc) is 2.79. The van der Waals surface area contributed by atoms with Crippen molar-refractivity contribution in [1.82, 2.24) is 15.0 Å². The lowest BCUT2D eigenvalue weighted by molar-refractivity contribution is 0.0640. The molecule has 1 aromatic heterocycles. The monoisotopic (exact) mass is 241 g/mol. The number of hydrogen-bond acceptors (Lipinski definition) is 5. The van der Waals surface area contributed by atoms with Gasteiger partial charge in [-0.2, -0.15) is 0 Å². The van der Waals surface area contributed by atoms with Crippen LogP contribution in [0.5, 0.6) is 0 Å². The van der Waals surface area contributed by atoms with Crippen molar-refractivity contribution in [3.05, 3.63) is 11.9 Å². The molecule has 0 radical (unpaired) electrons. The smallest absolute Gasteiger partial charge is 0.0853 e. The molecule has 6 heteroatoms. The molecule has 0 amide bonds.